The fourth-order valence-electron chi connectivity index (χ4n) is 5.07. The number of nitrogens with zero attached hydrogens (tertiary/aromatic N) is 1. The lowest BCUT2D eigenvalue weighted by molar-refractivity contribution is -0.384. The highest BCUT2D eigenvalue weighted by molar-refractivity contribution is 6.04. The summed E-state index contributed by atoms with van der Waals surface area (Å²) in [5.74, 6) is -0.346. The number of allylic oxidation sites excluding steroid dienone is 3. The number of carbonyl (C=O) groups excluding carboxylic acids is 2. The molecule has 0 amide bonds. The summed E-state index contributed by atoms with van der Waals surface area (Å²) in [7, 11) is 4.63. The van der Waals surface area contributed by atoms with Crippen molar-refractivity contribution in [1.82, 2.24) is 5.32 Å². The molecule has 0 fully saturated rings. The van der Waals surface area contributed by atoms with Crippen LogP contribution in [0.2, 0.25) is 0 Å². The lowest BCUT2D eigenvalue weighted by atomic mass is 9.71. The van der Waals surface area contributed by atoms with E-state index < -0.39 is 16.8 Å². The van der Waals surface area contributed by atoms with Crippen LogP contribution in [0, 0.1) is 10.1 Å². The van der Waals surface area contributed by atoms with Gasteiger partial charge >= 0.3 is 5.97 Å². The standard InChI is InChI=1S/C28H30N2O8/c1-16-25(28(32)38-12-11-35-2)26(17-5-8-20(9-6-17)30(33)34)27-21(29-16)13-19(14-22(27)31)18-7-10-23(36-3)24(15-18)37-4/h5-10,15,19,26,29H,11-14H2,1-4H3/t19-,26-/m0/s1. The molecule has 2 aromatic carbocycles. The molecule has 2 atom stereocenters. The quantitative estimate of drug-likeness (QED) is 0.223. The van der Waals surface area contributed by atoms with Gasteiger partial charge in [-0.1, -0.05) is 18.2 Å². The molecule has 1 N–H and O–H groups in total. The minimum atomic E-state index is -0.721. The van der Waals surface area contributed by atoms with Gasteiger partial charge in [-0.25, -0.2) is 4.79 Å². The molecule has 0 aromatic heterocycles. The summed E-state index contributed by atoms with van der Waals surface area (Å²) < 4.78 is 21.2. The molecule has 0 saturated carbocycles. The van der Waals surface area contributed by atoms with Gasteiger partial charge in [0, 0.05) is 48.5 Å². The second-order valence-corrected chi connectivity index (χ2v) is 9.11. The summed E-state index contributed by atoms with van der Waals surface area (Å²) in [5, 5.41) is 14.5. The van der Waals surface area contributed by atoms with Gasteiger partial charge in [0.15, 0.2) is 17.3 Å². The second kappa shape index (κ2) is 11.5. The number of non-ortho nitro benzene ring substituents is 1. The van der Waals surface area contributed by atoms with Crippen LogP contribution in [-0.2, 0) is 19.1 Å². The van der Waals surface area contributed by atoms with Crippen molar-refractivity contribution >= 4 is 17.4 Å². The number of carbonyl (C=O) groups is 2. The van der Waals surface area contributed by atoms with E-state index in [0.717, 1.165) is 11.3 Å². The first-order valence-electron chi connectivity index (χ1n) is 12.1. The van der Waals surface area contributed by atoms with Crippen LogP contribution in [0.15, 0.2) is 65.0 Å². The van der Waals surface area contributed by atoms with Crippen LogP contribution < -0.4 is 14.8 Å². The first kappa shape index (κ1) is 26.9. The number of rotatable bonds is 9. The van der Waals surface area contributed by atoms with Gasteiger partial charge in [0.05, 0.1) is 31.3 Å². The van der Waals surface area contributed by atoms with E-state index >= 15 is 0 Å². The molecule has 2 aromatic rings. The van der Waals surface area contributed by atoms with Gasteiger partial charge in [-0.05, 0) is 42.5 Å². The number of benzene rings is 2. The summed E-state index contributed by atoms with van der Waals surface area (Å²) in [4.78, 5) is 37.7. The zero-order valence-electron chi connectivity index (χ0n) is 21.7. The number of nitro groups is 1. The largest absolute Gasteiger partial charge is 0.493 e. The van der Waals surface area contributed by atoms with E-state index in [1.165, 1.54) is 19.2 Å². The number of hydrogen-bond donors (Lipinski definition) is 1. The van der Waals surface area contributed by atoms with Gasteiger partial charge in [0.2, 0.25) is 0 Å². The predicted molar refractivity (Wildman–Crippen MR) is 138 cm³/mol. The molecule has 0 saturated heterocycles. The number of esters is 1. The molecule has 0 spiro atoms. The third-order valence-corrected chi connectivity index (χ3v) is 6.88. The number of dihydropyridines is 1. The predicted octanol–water partition coefficient (Wildman–Crippen LogP) is 4.16. The van der Waals surface area contributed by atoms with Crippen LogP contribution in [0.4, 0.5) is 5.69 Å². The topological polar surface area (TPSA) is 126 Å². The van der Waals surface area contributed by atoms with Gasteiger partial charge in [0.25, 0.3) is 5.69 Å². The van der Waals surface area contributed by atoms with Crippen LogP contribution in [0.3, 0.4) is 0 Å². The van der Waals surface area contributed by atoms with Crippen molar-refractivity contribution in [3.63, 3.8) is 0 Å². The lowest BCUT2D eigenvalue weighted by Crippen LogP contribution is -2.36. The molecule has 0 bridgehead atoms. The Hall–Kier alpha value is -4.18. The summed E-state index contributed by atoms with van der Waals surface area (Å²) in [6, 6.07) is 11.5. The molecule has 10 nitrogen and oxygen atoms in total. The lowest BCUT2D eigenvalue weighted by Gasteiger charge is -2.36. The van der Waals surface area contributed by atoms with E-state index in [2.05, 4.69) is 5.32 Å². The monoisotopic (exact) mass is 522 g/mol. The number of ether oxygens (including phenoxy) is 4. The molecule has 2 aliphatic rings. The fraction of sp³-hybridized carbons (Fsp3) is 0.357. The third-order valence-electron chi connectivity index (χ3n) is 6.88. The molecule has 1 aliphatic carbocycles. The van der Waals surface area contributed by atoms with Gasteiger partial charge < -0.3 is 24.3 Å². The highest BCUT2D eigenvalue weighted by Gasteiger charge is 2.41. The van der Waals surface area contributed by atoms with Crippen molar-refractivity contribution in [3.8, 4) is 11.5 Å². The van der Waals surface area contributed by atoms with E-state index in [1.54, 1.807) is 33.3 Å². The number of hydrogen-bond acceptors (Lipinski definition) is 9. The Morgan fingerprint density at radius 3 is 2.32 bits per heavy atom. The summed E-state index contributed by atoms with van der Waals surface area (Å²) in [5.41, 5.74) is 3.51. The molecule has 1 heterocycles. The van der Waals surface area contributed by atoms with Crippen molar-refractivity contribution < 1.29 is 33.5 Å². The molecular weight excluding hydrogens is 492 g/mol. The van der Waals surface area contributed by atoms with Crippen LogP contribution >= 0.6 is 0 Å². The molecule has 4 rings (SSSR count). The third kappa shape index (κ3) is 5.26. The molecular formula is C28H30N2O8. The summed E-state index contributed by atoms with van der Waals surface area (Å²) in [6.07, 6.45) is 0.758. The molecule has 0 unspecified atom stereocenters. The van der Waals surface area contributed by atoms with Crippen molar-refractivity contribution in [2.45, 2.75) is 31.6 Å². The van der Waals surface area contributed by atoms with E-state index in [1.807, 2.05) is 18.2 Å². The fourth-order valence-corrected chi connectivity index (χ4v) is 5.07. The van der Waals surface area contributed by atoms with Crippen LogP contribution in [0.5, 0.6) is 11.5 Å². The van der Waals surface area contributed by atoms with Gasteiger partial charge in [0.1, 0.15) is 6.61 Å². The van der Waals surface area contributed by atoms with Gasteiger partial charge in [-0.15, -0.1) is 0 Å². The maximum absolute atomic E-state index is 13.7. The minimum absolute atomic E-state index is 0.0559. The van der Waals surface area contributed by atoms with Crippen LogP contribution in [-0.4, -0.2) is 51.2 Å². The zero-order valence-corrected chi connectivity index (χ0v) is 21.7. The average molecular weight is 523 g/mol. The highest BCUT2D eigenvalue weighted by atomic mass is 16.6. The molecule has 0 radical (unpaired) electrons. The maximum atomic E-state index is 13.7. The normalized spacial score (nSPS) is 19.0. The Bertz CT molecular complexity index is 1310. The van der Waals surface area contributed by atoms with Crippen molar-refractivity contribution in [3.05, 3.63) is 86.2 Å². The van der Waals surface area contributed by atoms with E-state index in [-0.39, 0.29) is 37.0 Å². The molecule has 38 heavy (non-hydrogen) atoms. The number of methoxy groups -OCH3 is 3. The smallest absolute Gasteiger partial charge is 0.336 e. The van der Waals surface area contributed by atoms with E-state index in [9.17, 15) is 19.7 Å². The van der Waals surface area contributed by atoms with E-state index in [4.69, 9.17) is 18.9 Å². The number of nitro benzene ring substituents is 1. The zero-order chi connectivity index (χ0) is 27.4. The Kier molecular flexibility index (Phi) is 8.11. The molecule has 1 aliphatic heterocycles. The highest BCUT2D eigenvalue weighted by Crippen LogP contribution is 2.46. The Labute approximate surface area is 220 Å². The van der Waals surface area contributed by atoms with Gasteiger partial charge in [-0.2, -0.15) is 0 Å². The Balaban J connectivity index is 1.75. The summed E-state index contributed by atoms with van der Waals surface area (Å²) in [6.45, 7) is 2.05. The number of nitrogens with one attached hydrogen (secondary N) is 1. The first-order valence-corrected chi connectivity index (χ1v) is 12.1. The summed E-state index contributed by atoms with van der Waals surface area (Å²) >= 11 is 0. The Morgan fingerprint density at radius 1 is 1.00 bits per heavy atom. The molecule has 10 heteroatoms. The molecule has 200 valence electrons. The van der Waals surface area contributed by atoms with Crippen LogP contribution in [0.25, 0.3) is 0 Å². The number of ketones is 1. The van der Waals surface area contributed by atoms with Crippen molar-refractivity contribution in [2.75, 3.05) is 34.5 Å². The minimum Gasteiger partial charge on any atom is -0.493 e. The van der Waals surface area contributed by atoms with Crippen LogP contribution in [0.1, 0.15) is 42.7 Å². The van der Waals surface area contributed by atoms with E-state index in [0.29, 0.717) is 40.3 Å². The first-order chi connectivity index (χ1) is 18.3. The van der Waals surface area contributed by atoms with Crippen molar-refractivity contribution in [2.24, 2.45) is 0 Å². The van der Waals surface area contributed by atoms with Gasteiger partial charge in [-0.3, -0.25) is 14.9 Å². The maximum Gasteiger partial charge on any atom is 0.336 e. The second-order valence-electron chi connectivity index (χ2n) is 9.11. The Morgan fingerprint density at radius 2 is 1.68 bits per heavy atom. The average Bonchev–Trinajstić information content (AvgIpc) is 2.91. The number of Topliss-reactive ketones (excluding diaryl/α,β-unsaturated/α-hetero) is 1. The SMILES string of the molecule is COCCOC(=O)C1=C(C)NC2=C(C(=O)C[C@@H](c3ccc(OC)c(OC)c3)C2)[C@H]1c1ccc([N+](=O)[O-])cc1. The van der Waals surface area contributed by atoms with Crippen molar-refractivity contribution in [1.29, 1.82) is 0 Å².